The maximum absolute atomic E-state index is 11.9. The van der Waals surface area contributed by atoms with Crippen LogP contribution in [0.25, 0.3) is 22.5 Å². The third-order valence-corrected chi connectivity index (χ3v) is 5.13. The van der Waals surface area contributed by atoms with Crippen LogP contribution < -0.4 is 10.6 Å². The number of nitrogens with zero attached hydrogens (tertiary/aromatic N) is 2. The summed E-state index contributed by atoms with van der Waals surface area (Å²) in [6.07, 6.45) is 2.44. The van der Waals surface area contributed by atoms with E-state index >= 15 is 0 Å². The van der Waals surface area contributed by atoms with Crippen molar-refractivity contribution in [2.24, 2.45) is 5.73 Å². The first-order valence-electron chi connectivity index (χ1n) is 9.06. The molecule has 1 aliphatic carbocycles. The summed E-state index contributed by atoms with van der Waals surface area (Å²) in [7, 11) is 0. The number of hydrogen-bond donors (Lipinski definition) is 2. The van der Waals surface area contributed by atoms with Gasteiger partial charge in [-0.05, 0) is 29.8 Å². The van der Waals surface area contributed by atoms with Crippen LogP contribution in [-0.2, 0) is 13.0 Å². The summed E-state index contributed by atoms with van der Waals surface area (Å²) in [6, 6.07) is 19.1. The molecule has 0 bridgehead atoms. The molecule has 0 saturated carbocycles. The molecule has 2 heterocycles. The molecule has 0 radical (unpaired) electrons. The third-order valence-electron chi connectivity index (χ3n) is 5.13. The van der Waals surface area contributed by atoms with E-state index in [4.69, 9.17) is 10.2 Å². The lowest BCUT2D eigenvalue weighted by Gasteiger charge is -2.19. The molecule has 0 spiro atoms. The Bertz CT molecular complexity index is 1140. The van der Waals surface area contributed by atoms with Crippen molar-refractivity contribution in [1.82, 2.24) is 10.2 Å². The molecule has 2 aromatic heterocycles. The molecule has 6 nitrogen and oxygen atoms in total. The fourth-order valence-electron chi connectivity index (χ4n) is 3.76. The van der Waals surface area contributed by atoms with Crippen molar-refractivity contribution in [3.63, 3.8) is 0 Å². The Kier molecular flexibility index (Phi) is 3.76. The van der Waals surface area contributed by atoms with E-state index in [2.05, 4.69) is 28.4 Å². The van der Waals surface area contributed by atoms with Crippen LogP contribution >= 0.6 is 0 Å². The minimum atomic E-state index is -0.528. The fraction of sp³-hybridized carbons (Fsp3) is 0.0909. The molecule has 2 aromatic carbocycles. The highest BCUT2D eigenvalue weighted by Crippen LogP contribution is 2.40. The number of anilines is 1. The highest BCUT2D eigenvalue weighted by atomic mass is 16.3. The first kappa shape index (κ1) is 16.4. The molecular formula is C22H18N4O2. The molecule has 5 rings (SSSR count). The number of furan rings is 1. The van der Waals surface area contributed by atoms with Gasteiger partial charge in [0.15, 0.2) is 0 Å². The molecule has 0 aliphatic heterocycles. The van der Waals surface area contributed by atoms with Crippen LogP contribution in [0.5, 0.6) is 0 Å². The van der Waals surface area contributed by atoms with Crippen molar-refractivity contribution in [1.29, 1.82) is 0 Å². The topological polar surface area (TPSA) is 88.2 Å². The van der Waals surface area contributed by atoms with E-state index in [9.17, 15) is 4.79 Å². The maximum atomic E-state index is 11.9. The van der Waals surface area contributed by atoms with Gasteiger partial charge in [-0.1, -0.05) is 36.4 Å². The minimum Gasteiger partial charge on any atom is -0.467 e. The van der Waals surface area contributed by atoms with Gasteiger partial charge in [0.25, 0.3) is 0 Å². The average molecular weight is 370 g/mol. The quantitative estimate of drug-likeness (QED) is 0.494. The molecule has 1 aliphatic rings. The van der Waals surface area contributed by atoms with Gasteiger partial charge in [0, 0.05) is 28.8 Å². The summed E-state index contributed by atoms with van der Waals surface area (Å²) < 4.78 is 5.34. The molecule has 0 atom stereocenters. The molecular weight excluding hydrogens is 352 g/mol. The van der Waals surface area contributed by atoms with Crippen LogP contribution in [0.1, 0.15) is 16.9 Å². The maximum Gasteiger partial charge on any atom is 0.319 e. The molecule has 3 N–H and O–H groups in total. The van der Waals surface area contributed by atoms with Crippen molar-refractivity contribution < 1.29 is 9.21 Å². The van der Waals surface area contributed by atoms with E-state index < -0.39 is 6.03 Å². The predicted octanol–water partition coefficient (Wildman–Crippen LogP) is 4.33. The summed E-state index contributed by atoms with van der Waals surface area (Å²) >= 11 is 0. The summed E-state index contributed by atoms with van der Waals surface area (Å²) in [5, 5.41) is 7.71. The standard InChI is InChI=1S/C22H18N4O2/c23-22(27)26(13-17-5-3-11-28-17)16-9-7-14(8-10-16)20-19-12-15-4-1-2-6-18(15)21(19)25-24-20/h1-11H,12-13H2,(H2,23,27)(H,24,25). The number of aromatic nitrogens is 2. The van der Waals surface area contributed by atoms with Gasteiger partial charge in [-0.15, -0.1) is 0 Å². The molecule has 28 heavy (non-hydrogen) atoms. The first-order valence-corrected chi connectivity index (χ1v) is 9.06. The fourth-order valence-corrected chi connectivity index (χ4v) is 3.76. The average Bonchev–Trinajstić information content (AvgIpc) is 3.43. The molecule has 6 heteroatoms. The zero-order valence-electron chi connectivity index (χ0n) is 15.1. The van der Waals surface area contributed by atoms with Crippen LogP contribution in [-0.4, -0.2) is 16.2 Å². The number of fused-ring (bicyclic) bond motifs is 3. The van der Waals surface area contributed by atoms with E-state index in [-0.39, 0.29) is 6.54 Å². The Labute approximate surface area is 161 Å². The largest absolute Gasteiger partial charge is 0.467 e. The predicted molar refractivity (Wildman–Crippen MR) is 107 cm³/mol. The van der Waals surface area contributed by atoms with Crippen LogP contribution in [0.3, 0.4) is 0 Å². The lowest BCUT2D eigenvalue weighted by molar-refractivity contribution is 0.253. The van der Waals surface area contributed by atoms with E-state index in [1.54, 1.807) is 12.3 Å². The number of carbonyl (C=O) groups excluding carboxylic acids is 1. The highest BCUT2D eigenvalue weighted by Gasteiger charge is 2.24. The Hall–Kier alpha value is -3.80. The van der Waals surface area contributed by atoms with Crippen LogP contribution in [0.15, 0.2) is 71.3 Å². The van der Waals surface area contributed by atoms with Gasteiger partial charge in [0.05, 0.1) is 24.2 Å². The van der Waals surface area contributed by atoms with Crippen molar-refractivity contribution in [2.75, 3.05) is 4.90 Å². The zero-order chi connectivity index (χ0) is 19.1. The number of rotatable bonds is 4. The number of nitrogens with two attached hydrogens (primary N) is 1. The SMILES string of the molecule is NC(=O)N(Cc1ccco1)c1ccc(-c2n[nH]c3c2Cc2ccccc2-3)cc1. The van der Waals surface area contributed by atoms with Crippen LogP contribution in [0.4, 0.5) is 10.5 Å². The smallest absolute Gasteiger partial charge is 0.319 e. The van der Waals surface area contributed by atoms with E-state index in [1.165, 1.54) is 21.6 Å². The van der Waals surface area contributed by atoms with E-state index in [0.29, 0.717) is 11.4 Å². The van der Waals surface area contributed by atoms with Gasteiger partial charge in [0.1, 0.15) is 5.76 Å². The summed E-state index contributed by atoms with van der Waals surface area (Å²) in [6.45, 7) is 0.287. The number of amides is 2. The van der Waals surface area contributed by atoms with Crippen molar-refractivity contribution in [2.45, 2.75) is 13.0 Å². The lowest BCUT2D eigenvalue weighted by Crippen LogP contribution is -2.35. The molecule has 0 unspecified atom stereocenters. The van der Waals surface area contributed by atoms with Gasteiger partial charge in [0.2, 0.25) is 0 Å². The van der Waals surface area contributed by atoms with Crippen molar-refractivity contribution >= 4 is 11.7 Å². The molecule has 0 saturated heterocycles. The minimum absolute atomic E-state index is 0.287. The van der Waals surface area contributed by atoms with Gasteiger partial charge in [-0.3, -0.25) is 10.00 Å². The number of benzene rings is 2. The van der Waals surface area contributed by atoms with Crippen molar-refractivity contribution in [3.05, 3.63) is 83.8 Å². The van der Waals surface area contributed by atoms with Gasteiger partial charge in [-0.25, -0.2) is 4.79 Å². The normalized spacial score (nSPS) is 11.9. The summed E-state index contributed by atoms with van der Waals surface area (Å²) in [4.78, 5) is 13.4. The van der Waals surface area contributed by atoms with Gasteiger partial charge >= 0.3 is 6.03 Å². The number of H-pyrrole nitrogens is 1. The number of urea groups is 1. The summed E-state index contributed by atoms with van der Waals surface area (Å²) in [5.41, 5.74) is 13.0. The van der Waals surface area contributed by atoms with E-state index in [0.717, 1.165) is 23.4 Å². The molecule has 0 fully saturated rings. The van der Waals surface area contributed by atoms with Crippen molar-refractivity contribution in [3.8, 4) is 22.5 Å². The van der Waals surface area contributed by atoms with Crippen LogP contribution in [0.2, 0.25) is 0 Å². The van der Waals surface area contributed by atoms with Crippen LogP contribution in [0, 0.1) is 0 Å². The Morgan fingerprint density at radius 1 is 1.11 bits per heavy atom. The molecule has 2 amide bonds. The number of primary amides is 1. The van der Waals surface area contributed by atoms with Gasteiger partial charge < -0.3 is 10.2 Å². The molecule has 138 valence electrons. The monoisotopic (exact) mass is 370 g/mol. The number of aromatic amines is 1. The Balaban J connectivity index is 1.45. The number of carbonyl (C=O) groups is 1. The second kappa shape index (κ2) is 6.42. The second-order valence-electron chi connectivity index (χ2n) is 6.81. The lowest BCUT2D eigenvalue weighted by atomic mass is 10.0. The second-order valence-corrected chi connectivity index (χ2v) is 6.81. The Morgan fingerprint density at radius 3 is 2.68 bits per heavy atom. The zero-order valence-corrected chi connectivity index (χ0v) is 15.1. The molecule has 4 aromatic rings. The summed E-state index contributed by atoms with van der Waals surface area (Å²) in [5.74, 6) is 0.672. The number of hydrogen-bond acceptors (Lipinski definition) is 3. The van der Waals surface area contributed by atoms with Gasteiger partial charge in [-0.2, -0.15) is 5.10 Å². The first-order chi connectivity index (χ1) is 13.7. The highest BCUT2D eigenvalue weighted by molar-refractivity contribution is 5.91. The number of nitrogens with one attached hydrogen (secondary N) is 1. The van der Waals surface area contributed by atoms with E-state index in [1.807, 2.05) is 36.4 Å². The Morgan fingerprint density at radius 2 is 1.93 bits per heavy atom. The third kappa shape index (κ3) is 2.66.